The summed E-state index contributed by atoms with van der Waals surface area (Å²) in [6.45, 7) is 0. The largest absolute Gasteiger partial charge is 0.262 e. The van der Waals surface area contributed by atoms with Gasteiger partial charge >= 0.3 is 0 Å². The van der Waals surface area contributed by atoms with Gasteiger partial charge in [-0.1, -0.05) is 24.3 Å². The third kappa shape index (κ3) is 2.07. The predicted molar refractivity (Wildman–Crippen MR) is 67.1 cm³/mol. The van der Waals surface area contributed by atoms with Crippen molar-refractivity contribution in [3.63, 3.8) is 0 Å². The first-order valence-electron chi connectivity index (χ1n) is 5.90. The van der Waals surface area contributed by atoms with E-state index in [1.807, 2.05) is 0 Å². The van der Waals surface area contributed by atoms with E-state index in [9.17, 15) is 0 Å². The van der Waals surface area contributed by atoms with Crippen molar-refractivity contribution < 1.29 is 0 Å². The molecule has 1 heterocycles. The van der Waals surface area contributed by atoms with Gasteiger partial charge in [-0.05, 0) is 30.4 Å². The van der Waals surface area contributed by atoms with Gasteiger partial charge in [0.1, 0.15) is 5.82 Å². The monoisotopic (exact) mass is 247 g/mol. The number of halogens is 1. The standard InChI is InChI=1S/C13H14ClN3/c14-8-12-15-13(17-16-12)11-6-5-9-3-1-2-4-10(9)7-11/h1-4,11H,5-8H2,(H,15,16,17). The van der Waals surface area contributed by atoms with Gasteiger partial charge in [0.25, 0.3) is 0 Å². The minimum atomic E-state index is 0.399. The summed E-state index contributed by atoms with van der Waals surface area (Å²) in [7, 11) is 0. The van der Waals surface area contributed by atoms with Gasteiger partial charge in [-0.25, -0.2) is 4.98 Å². The van der Waals surface area contributed by atoms with Crippen molar-refractivity contribution in [1.82, 2.24) is 15.2 Å². The maximum Gasteiger partial charge on any atom is 0.154 e. The van der Waals surface area contributed by atoms with Gasteiger partial charge < -0.3 is 0 Å². The molecule has 0 saturated carbocycles. The fraction of sp³-hybridized carbons (Fsp3) is 0.385. The third-order valence-corrected chi connectivity index (χ3v) is 3.64. The highest BCUT2D eigenvalue weighted by atomic mass is 35.5. The van der Waals surface area contributed by atoms with Crippen LogP contribution in [0, 0.1) is 0 Å². The van der Waals surface area contributed by atoms with Crippen molar-refractivity contribution in [3.8, 4) is 0 Å². The Hall–Kier alpha value is -1.35. The van der Waals surface area contributed by atoms with Gasteiger partial charge in [-0.3, -0.25) is 5.10 Å². The molecule has 1 atom stereocenters. The molecule has 88 valence electrons. The zero-order valence-electron chi connectivity index (χ0n) is 9.49. The topological polar surface area (TPSA) is 41.6 Å². The van der Waals surface area contributed by atoms with Crippen LogP contribution in [0.25, 0.3) is 0 Å². The molecule has 1 N–H and O–H groups in total. The quantitative estimate of drug-likeness (QED) is 0.830. The molecule has 1 aliphatic carbocycles. The molecule has 4 heteroatoms. The Labute approximate surface area is 105 Å². The number of hydrogen-bond donors (Lipinski definition) is 1. The van der Waals surface area contributed by atoms with E-state index in [0.29, 0.717) is 11.8 Å². The van der Waals surface area contributed by atoms with Crippen molar-refractivity contribution in [2.75, 3.05) is 0 Å². The van der Waals surface area contributed by atoms with E-state index < -0.39 is 0 Å². The maximum absolute atomic E-state index is 5.73. The zero-order valence-corrected chi connectivity index (χ0v) is 10.2. The lowest BCUT2D eigenvalue weighted by molar-refractivity contribution is 0.557. The molecule has 3 rings (SSSR count). The minimum Gasteiger partial charge on any atom is -0.262 e. The first-order valence-corrected chi connectivity index (χ1v) is 6.44. The van der Waals surface area contributed by atoms with E-state index >= 15 is 0 Å². The van der Waals surface area contributed by atoms with Gasteiger partial charge in [-0.2, -0.15) is 5.10 Å². The lowest BCUT2D eigenvalue weighted by Gasteiger charge is -2.22. The molecule has 1 aliphatic rings. The van der Waals surface area contributed by atoms with Crippen LogP contribution in [-0.2, 0) is 18.7 Å². The number of aromatic amines is 1. The van der Waals surface area contributed by atoms with E-state index in [0.717, 1.165) is 30.9 Å². The van der Waals surface area contributed by atoms with E-state index in [4.69, 9.17) is 11.6 Å². The highest BCUT2D eigenvalue weighted by molar-refractivity contribution is 6.16. The number of alkyl halides is 1. The number of hydrogen-bond acceptors (Lipinski definition) is 2. The molecule has 0 radical (unpaired) electrons. The summed E-state index contributed by atoms with van der Waals surface area (Å²) in [6, 6.07) is 8.63. The molecule has 3 nitrogen and oxygen atoms in total. The molecule has 2 aromatic rings. The summed E-state index contributed by atoms with van der Waals surface area (Å²) in [4.78, 5) is 4.43. The maximum atomic E-state index is 5.73. The molecule has 1 aromatic carbocycles. The fourth-order valence-electron chi connectivity index (χ4n) is 2.47. The van der Waals surface area contributed by atoms with Crippen molar-refractivity contribution in [1.29, 1.82) is 0 Å². The lowest BCUT2D eigenvalue weighted by Crippen LogP contribution is -2.13. The molecule has 1 unspecified atom stereocenters. The first-order chi connectivity index (χ1) is 8.36. The van der Waals surface area contributed by atoms with Crippen LogP contribution >= 0.6 is 11.6 Å². The van der Waals surface area contributed by atoms with Crippen molar-refractivity contribution >= 4 is 11.6 Å². The summed E-state index contributed by atoms with van der Waals surface area (Å²) in [5, 5.41) is 7.15. The highest BCUT2D eigenvalue weighted by Gasteiger charge is 2.22. The summed E-state index contributed by atoms with van der Waals surface area (Å²) in [6.07, 6.45) is 3.28. The Balaban J connectivity index is 1.84. The number of benzene rings is 1. The number of fused-ring (bicyclic) bond motifs is 1. The second-order valence-corrected chi connectivity index (χ2v) is 4.75. The summed E-state index contributed by atoms with van der Waals surface area (Å²) >= 11 is 5.73. The molecule has 0 aliphatic heterocycles. The molecule has 17 heavy (non-hydrogen) atoms. The Morgan fingerprint density at radius 1 is 1.29 bits per heavy atom. The average molecular weight is 248 g/mol. The lowest BCUT2D eigenvalue weighted by atomic mass is 9.83. The van der Waals surface area contributed by atoms with Crippen LogP contribution < -0.4 is 0 Å². The van der Waals surface area contributed by atoms with Crippen LogP contribution in [0.1, 0.15) is 35.1 Å². The van der Waals surface area contributed by atoms with Crippen LogP contribution in [0.2, 0.25) is 0 Å². The van der Waals surface area contributed by atoms with E-state index in [1.54, 1.807) is 0 Å². The van der Waals surface area contributed by atoms with Crippen molar-refractivity contribution in [2.24, 2.45) is 0 Å². The average Bonchev–Trinajstić information content (AvgIpc) is 2.87. The Morgan fingerprint density at radius 2 is 2.12 bits per heavy atom. The zero-order chi connectivity index (χ0) is 11.7. The molecule has 0 fully saturated rings. The van der Waals surface area contributed by atoms with E-state index in [2.05, 4.69) is 39.4 Å². The summed E-state index contributed by atoms with van der Waals surface area (Å²) in [5.74, 6) is 2.50. The van der Waals surface area contributed by atoms with Gasteiger partial charge in [0.2, 0.25) is 0 Å². The van der Waals surface area contributed by atoms with Gasteiger partial charge in [0, 0.05) is 5.92 Å². The smallest absolute Gasteiger partial charge is 0.154 e. The Bertz CT molecular complexity index is 521. The Morgan fingerprint density at radius 3 is 2.88 bits per heavy atom. The molecule has 0 bridgehead atoms. The SMILES string of the molecule is ClCc1nc(C2CCc3ccccc3C2)n[nH]1. The van der Waals surface area contributed by atoms with Crippen LogP contribution in [0.15, 0.2) is 24.3 Å². The fourth-order valence-corrected chi connectivity index (χ4v) is 2.59. The number of nitrogens with zero attached hydrogens (tertiary/aromatic N) is 2. The normalized spacial score (nSPS) is 19.0. The number of H-pyrrole nitrogens is 1. The third-order valence-electron chi connectivity index (χ3n) is 3.39. The highest BCUT2D eigenvalue weighted by Crippen LogP contribution is 2.30. The summed E-state index contributed by atoms with van der Waals surface area (Å²) in [5.41, 5.74) is 2.90. The number of rotatable bonds is 2. The minimum absolute atomic E-state index is 0.399. The van der Waals surface area contributed by atoms with Crippen molar-refractivity contribution in [2.45, 2.75) is 31.1 Å². The number of aryl methyl sites for hydroxylation is 1. The molecule has 0 amide bonds. The molecule has 1 aromatic heterocycles. The molecule has 0 spiro atoms. The molecule has 0 saturated heterocycles. The van der Waals surface area contributed by atoms with Gasteiger partial charge in [0.15, 0.2) is 5.82 Å². The second kappa shape index (κ2) is 4.49. The van der Waals surface area contributed by atoms with Crippen LogP contribution in [0.5, 0.6) is 0 Å². The van der Waals surface area contributed by atoms with E-state index in [-0.39, 0.29) is 0 Å². The van der Waals surface area contributed by atoms with Crippen molar-refractivity contribution in [3.05, 3.63) is 47.0 Å². The first kappa shape index (κ1) is 10.8. The van der Waals surface area contributed by atoms with Gasteiger partial charge in [0.05, 0.1) is 5.88 Å². The molecular formula is C13H14ClN3. The molecular weight excluding hydrogens is 234 g/mol. The number of aromatic nitrogens is 3. The second-order valence-electron chi connectivity index (χ2n) is 4.48. The summed E-state index contributed by atoms with van der Waals surface area (Å²) < 4.78 is 0. The number of nitrogens with one attached hydrogen (secondary N) is 1. The van der Waals surface area contributed by atoms with Crippen LogP contribution in [0.3, 0.4) is 0 Å². The van der Waals surface area contributed by atoms with Gasteiger partial charge in [-0.15, -0.1) is 11.6 Å². The van der Waals surface area contributed by atoms with E-state index in [1.165, 1.54) is 11.1 Å². The van der Waals surface area contributed by atoms with Crippen LogP contribution in [0.4, 0.5) is 0 Å². The Kier molecular flexibility index (Phi) is 2.85. The predicted octanol–water partition coefficient (Wildman–Crippen LogP) is 2.82. The van der Waals surface area contributed by atoms with Crippen LogP contribution in [-0.4, -0.2) is 15.2 Å².